The summed E-state index contributed by atoms with van der Waals surface area (Å²) in [6.45, 7) is 6.67. The molecule has 1 saturated heterocycles. The number of likely N-dealkylation sites (N-methyl/N-ethyl adjacent to an activating group) is 1. The van der Waals surface area contributed by atoms with Crippen molar-refractivity contribution >= 4 is 0 Å². The van der Waals surface area contributed by atoms with E-state index in [-0.39, 0.29) is 0 Å². The first kappa shape index (κ1) is 14.3. The molecule has 0 amide bonds. The lowest BCUT2D eigenvalue weighted by molar-refractivity contribution is 0.248. The molecule has 112 valence electrons. The molecule has 2 aromatic heterocycles. The summed E-state index contributed by atoms with van der Waals surface area (Å²) in [4.78, 5) is 11.5. The second-order valence-electron chi connectivity index (χ2n) is 6.35. The van der Waals surface area contributed by atoms with Crippen LogP contribution >= 0.6 is 0 Å². The standard InChI is InChI=1S/C17H24N4/c1-13(2)17-19-8-10-21(17)15-6-7-18-16(11-15)14-5-4-9-20(3)12-14/h6-8,10-11,13-14H,4-5,9,12H2,1-3H3. The largest absolute Gasteiger partial charge is 0.306 e. The summed E-state index contributed by atoms with van der Waals surface area (Å²) in [7, 11) is 2.20. The van der Waals surface area contributed by atoms with E-state index in [0.717, 1.165) is 12.4 Å². The molecule has 0 spiro atoms. The van der Waals surface area contributed by atoms with Crippen molar-refractivity contribution in [2.24, 2.45) is 0 Å². The first-order valence-electron chi connectivity index (χ1n) is 7.83. The Bertz CT molecular complexity index is 602. The van der Waals surface area contributed by atoms with Gasteiger partial charge in [-0.2, -0.15) is 0 Å². The van der Waals surface area contributed by atoms with Crippen molar-refractivity contribution in [1.29, 1.82) is 0 Å². The van der Waals surface area contributed by atoms with Crippen LogP contribution in [0.2, 0.25) is 0 Å². The van der Waals surface area contributed by atoms with E-state index in [1.54, 1.807) is 0 Å². The Kier molecular flexibility index (Phi) is 4.06. The van der Waals surface area contributed by atoms with Crippen LogP contribution in [0.1, 0.15) is 50.0 Å². The van der Waals surface area contributed by atoms with Crippen LogP contribution in [0.15, 0.2) is 30.7 Å². The van der Waals surface area contributed by atoms with Gasteiger partial charge in [0.05, 0.1) is 5.69 Å². The van der Waals surface area contributed by atoms with Crippen molar-refractivity contribution < 1.29 is 0 Å². The molecule has 0 N–H and O–H groups in total. The SMILES string of the molecule is CC(C)c1nccn1-c1ccnc(C2CCCN(C)C2)c1. The molecular formula is C17H24N4. The summed E-state index contributed by atoms with van der Waals surface area (Å²) in [5.74, 6) is 2.07. The van der Waals surface area contributed by atoms with Gasteiger partial charge in [0, 0.05) is 42.7 Å². The molecule has 0 bridgehead atoms. The van der Waals surface area contributed by atoms with E-state index >= 15 is 0 Å². The minimum absolute atomic E-state index is 0.414. The minimum atomic E-state index is 0.414. The number of pyridine rings is 1. The third kappa shape index (κ3) is 3.00. The van der Waals surface area contributed by atoms with Crippen LogP contribution < -0.4 is 0 Å². The van der Waals surface area contributed by atoms with Crippen LogP contribution in [0.25, 0.3) is 5.69 Å². The van der Waals surface area contributed by atoms with Crippen molar-refractivity contribution in [3.8, 4) is 5.69 Å². The number of rotatable bonds is 3. The fourth-order valence-electron chi connectivity index (χ4n) is 3.18. The molecule has 1 unspecified atom stereocenters. The molecule has 4 heteroatoms. The Hall–Kier alpha value is -1.68. The van der Waals surface area contributed by atoms with Gasteiger partial charge in [0.1, 0.15) is 5.82 Å². The summed E-state index contributed by atoms with van der Waals surface area (Å²) in [6.07, 6.45) is 8.35. The molecule has 21 heavy (non-hydrogen) atoms. The molecule has 1 fully saturated rings. The number of nitrogens with zero attached hydrogens (tertiary/aromatic N) is 4. The molecule has 4 nitrogen and oxygen atoms in total. The highest BCUT2D eigenvalue weighted by molar-refractivity contribution is 5.35. The van der Waals surface area contributed by atoms with Crippen LogP contribution in [0.3, 0.4) is 0 Å². The topological polar surface area (TPSA) is 34.0 Å². The summed E-state index contributed by atoms with van der Waals surface area (Å²) in [5, 5.41) is 0. The quantitative estimate of drug-likeness (QED) is 0.868. The smallest absolute Gasteiger partial charge is 0.115 e. The normalized spacial score (nSPS) is 20.1. The Morgan fingerprint density at radius 1 is 1.24 bits per heavy atom. The first-order valence-corrected chi connectivity index (χ1v) is 7.83. The molecule has 1 aliphatic heterocycles. The van der Waals surface area contributed by atoms with E-state index in [1.807, 2.05) is 18.6 Å². The Morgan fingerprint density at radius 3 is 2.86 bits per heavy atom. The summed E-state index contributed by atoms with van der Waals surface area (Å²) >= 11 is 0. The first-order chi connectivity index (χ1) is 10.1. The number of aromatic nitrogens is 3. The summed E-state index contributed by atoms with van der Waals surface area (Å²) in [5.41, 5.74) is 2.39. The maximum atomic E-state index is 4.62. The van der Waals surface area contributed by atoms with Gasteiger partial charge in [-0.1, -0.05) is 13.8 Å². The maximum Gasteiger partial charge on any atom is 0.115 e. The lowest BCUT2D eigenvalue weighted by atomic mass is 9.94. The van der Waals surface area contributed by atoms with Crippen LogP contribution in [0.4, 0.5) is 0 Å². The van der Waals surface area contributed by atoms with Gasteiger partial charge in [-0.25, -0.2) is 4.98 Å². The number of hydrogen-bond donors (Lipinski definition) is 0. The zero-order valence-corrected chi connectivity index (χ0v) is 13.2. The van der Waals surface area contributed by atoms with Gasteiger partial charge in [-0.15, -0.1) is 0 Å². The lowest BCUT2D eigenvalue weighted by Gasteiger charge is -2.29. The highest BCUT2D eigenvalue weighted by atomic mass is 15.1. The van der Waals surface area contributed by atoms with Gasteiger partial charge in [0.15, 0.2) is 0 Å². The Labute approximate surface area is 126 Å². The van der Waals surface area contributed by atoms with Crippen molar-refractivity contribution in [2.75, 3.05) is 20.1 Å². The van der Waals surface area contributed by atoms with E-state index in [0.29, 0.717) is 11.8 Å². The molecule has 1 aliphatic rings. The molecule has 0 aliphatic carbocycles. The second-order valence-corrected chi connectivity index (χ2v) is 6.35. The average Bonchev–Trinajstić information content (AvgIpc) is 2.97. The zero-order chi connectivity index (χ0) is 14.8. The van der Waals surface area contributed by atoms with Crippen molar-refractivity contribution in [2.45, 2.75) is 38.5 Å². The van der Waals surface area contributed by atoms with Crippen LogP contribution in [0, 0.1) is 0 Å². The Morgan fingerprint density at radius 2 is 2.10 bits per heavy atom. The second kappa shape index (κ2) is 5.98. The zero-order valence-electron chi connectivity index (χ0n) is 13.2. The Balaban J connectivity index is 1.91. The van der Waals surface area contributed by atoms with Crippen molar-refractivity contribution in [3.05, 3.63) is 42.2 Å². The van der Waals surface area contributed by atoms with E-state index < -0.39 is 0 Å². The number of imidazole rings is 1. The van der Waals surface area contributed by atoms with Crippen LogP contribution in [-0.4, -0.2) is 39.6 Å². The molecule has 3 heterocycles. The van der Waals surface area contributed by atoms with Gasteiger partial charge < -0.3 is 9.47 Å². The molecular weight excluding hydrogens is 260 g/mol. The predicted molar refractivity (Wildman–Crippen MR) is 84.9 cm³/mol. The number of likely N-dealkylation sites (tertiary alicyclic amines) is 1. The van der Waals surface area contributed by atoms with Gasteiger partial charge in [0.2, 0.25) is 0 Å². The third-order valence-electron chi connectivity index (χ3n) is 4.27. The molecule has 2 aromatic rings. The summed E-state index contributed by atoms with van der Waals surface area (Å²) in [6, 6.07) is 4.31. The van der Waals surface area contributed by atoms with E-state index in [1.165, 1.54) is 30.8 Å². The minimum Gasteiger partial charge on any atom is -0.306 e. The van der Waals surface area contributed by atoms with Gasteiger partial charge >= 0.3 is 0 Å². The van der Waals surface area contributed by atoms with Crippen LogP contribution in [0.5, 0.6) is 0 Å². The molecule has 1 atom stereocenters. The number of piperidine rings is 1. The highest BCUT2D eigenvalue weighted by Crippen LogP contribution is 2.26. The number of hydrogen-bond acceptors (Lipinski definition) is 3. The van der Waals surface area contributed by atoms with E-state index in [4.69, 9.17) is 0 Å². The average molecular weight is 284 g/mol. The van der Waals surface area contributed by atoms with Gasteiger partial charge in [0.25, 0.3) is 0 Å². The molecule has 0 saturated carbocycles. The summed E-state index contributed by atoms with van der Waals surface area (Å²) < 4.78 is 2.18. The van der Waals surface area contributed by atoms with Gasteiger partial charge in [-0.05, 0) is 38.6 Å². The highest BCUT2D eigenvalue weighted by Gasteiger charge is 2.20. The van der Waals surface area contributed by atoms with Crippen molar-refractivity contribution in [3.63, 3.8) is 0 Å². The fourth-order valence-corrected chi connectivity index (χ4v) is 3.18. The lowest BCUT2D eigenvalue weighted by Crippen LogP contribution is -2.31. The third-order valence-corrected chi connectivity index (χ3v) is 4.27. The van der Waals surface area contributed by atoms with E-state index in [2.05, 4.69) is 52.5 Å². The molecule has 0 radical (unpaired) electrons. The van der Waals surface area contributed by atoms with Gasteiger partial charge in [-0.3, -0.25) is 4.98 Å². The monoisotopic (exact) mass is 284 g/mol. The predicted octanol–water partition coefficient (Wildman–Crippen LogP) is 3.20. The fraction of sp³-hybridized carbons (Fsp3) is 0.529. The van der Waals surface area contributed by atoms with Crippen molar-refractivity contribution in [1.82, 2.24) is 19.4 Å². The van der Waals surface area contributed by atoms with E-state index in [9.17, 15) is 0 Å². The maximum absolute atomic E-state index is 4.62. The molecule has 3 rings (SSSR count). The molecule has 0 aromatic carbocycles. The van der Waals surface area contributed by atoms with Crippen LogP contribution in [-0.2, 0) is 0 Å².